The number of para-hydroxylation sites is 2. The summed E-state index contributed by atoms with van der Waals surface area (Å²) >= 11 is 0. The van der Waals surface area contributed by atoms with Crippen molar-refractivity contribution in [1.82, 2.24) is 24.8 Å². The van der Waals surface area contributed by atoms with Crippen LogP contribution < -0.4 is 10.1 Å². The lowest BCUT2D eigenvalue weighted by atomic mass is 9.85. The number of piperidine rings is 1. The SMILES string of the molecule is Cc1ccc(-c2cn(C3(C(=O)N4CCCC4Cc4cccc(Oc5ccccc5)c4)CCN(C(=O)OC(C)(C)C)CC3)nn2)cc1C(=O)Nc1ccccc1. The predicted molar refractivity (Wildman–Crippen MR) is 211 cm³/mol. The van der Waals surface area contributed by atoms with Gasteiger partial charge in [0.2, 0.25) is 0 Å². The number of carbonyl (C=O) groups is 3. The Bertz CT molecular complexity index is 2140. The number of ether oxygens (including phenoxy) is 2. The third kappa shape index (κ3) is 8.56. The number of benzene rings is 4. The molecule has 1 N–H and O–H groups in total. The summed E-state index contributed by atoms with van der Waals surface area (Å²) in [4.78, 5) is 45.2. The van der Waals surface area contributed by atoms with Gasteiger partial charge in [-0.25, -0.2) is 9.48 Å². The number of amides is 3. The topological polar surface area (TPSA) is 119 Å². The number of nitrogens with zero attached hydrogens (tertiary/aromatic N) is 5. The fourth-order valence-corrected chi connectivity index (χ4v) is 7.49. The highest BCUT2D eigenvalue weighted by Crippen LogP contribution is 2.37. The molecule has 2 fully saturated rings. The third-order valence-corrected chi connectivity index (χ3v) is 10.4. The molecule has 55 heavy (non-hydrogen) atoms. The van der Waals surface area contributed by atoms with Crippen LogP contribution in [0.15, 0.2) is 109 Å². The van der Waals surface area contributed by atoms with E-state index in [1.807, 2.05) is 130 Å². The highest BCUT2D eigenvalue weighted by atomic mass is 16.6. The minimum atomic E-state index is -1.08. The Hall–Kier alpha value is -5.97. The molecule has 2 aliphatic rings. The number of carbonyl (C=O) groups excluding carboxylic acids is 3. The molecule has 3 heterocycles. The molecule has 5 aromatic rings. The summed E-state index contributed by atoms with van der Waals surface area (Å²) < 4.78 is 13.5. The normalized spacial score (nSPS) is 16.8. The number of aromatic nitrogens is 3. The molecule has 1 unspecified atom stereocenters. The van der Waals surface area contributed by atoms with Crippen molar-refractivity contribution in [3.63, 3.8) is 0 Å². The molecule has 1 atom stereocenters. The smallest absolute Gasteiger partial charge is 0.410 e. The standard InChI is InChI=1S/C44H48N6O5/c1-31-20-21-33(29-38(31)40(51)45-34-14-7-5-8-15-34)39-30-50(47-46-39)44(22-25-48(26-23-44)42(53)55-43(2,3)4)41(52)49-24-12-16-35(49)27-32-13-11-19-37(28-32)54-36-17-9-6-10-18-36/h5-11,13-15,17-21,28-30,35H,12,16,22-27H2,1-4H3,(H,45,51). The molecule has 11 heteroatoms. The van der Waals surface area contributed by atoms with Gasteiger partial charge in [0.1, 0.15) is 28.3 Å². The van der Waals surface area contributed by atoms with E-state index in [-0.39, 0.29) is 17.9 Å². The van der Waals surface area contributed by atoms with Crippen LogP contribution in [-0.4, -0.2) is 74.0 Å². The van der Waals surface area contributed by atoms with Crippen molar-refractivity contribution in [2.75, 3.05) is 25.0 Å². The van der Waals surface area contributed by atoms with E-state index >= 15 is 4.79 Å². The number of nitrogens with one attached hydrogen (secondary N) is 1. The predicted octanol–water partition coefficient (Wildman–Crippen LogP) is 8.26. The lowest BCUT2D eigenvalue weighted by Gasteiger charge is -2.43. The van der Waals surface area contributed by atoms with Crippen LogP contribution in [0.5, 0.6) is 11.5 Å². The van der Waals surface area contributed by atoms with E-state index in [4.69, 9.17) is 9.47 Å². The van der Waals surface area contributed by atoms with Crippen LogP contribution in [-0.2, 0) is 21.5 Å². The Kier molecular flexibility index (Phi) is 10.7. The number of rotatable bonds is 9. The van der Waals surface area contributed by atoms with Gasteiger partial charge < -0.3 is 24.6 Å². The van der Waals surface area contributed by atoms with Gasteiger partial charge in [-0.3, -0.25) is 9.59 Å². The summed E-state index contributed by atoms with van der Waals surface area (Å²) in [5.41, 5.74) is 2.66. The maximum atomic E-state index is 15.1. The molecule has 0 spiro atoms. The molecule has 0 bridgehead atoms. The first-order chi connectivity index (χ1) is 26.5. The van der Waals surface area contributed by atoms with E-state index in [0.29, 0.717) is 61.4 Å². The molecule has 2 saturated heterocycles. The number of anilines is 1. The van der Waals surface area contributed by atoms with Crippen LogP contribution in [0.3, 0.4) is 0 Å². The van der Waals surface area contributed by atoms with Gasteiger partial charge in [-0.15, -0.1) is 5.10 Å². The molecule has 1 aromatic heterocycles. The van der Waals surface area contributed by atoms with E-state index in [2.05, 4.69) is 21.7 Å². The largest absolute Gasteiger partial charge is 0.457 e. The van der Waals surface area contributed by atoms with E-state index < -0.39 is 17.2 Å². The highest BCUT2D eigenvalue weighted by molar-refractivity contribution is 6.06. The molecule has 3 amide bonds. The Balaban J connectivity index is 1.15. The van der Waals surface area contributed by atoms with Gasteiger partial charge in [0.05, 0.1) is 6.20 Å². The molecule has 4 aromatic carbocycles. The van der Waals surface area contributed by atoms with Crippen molar-refractivity contribution >= 4 is 23.6 Å². The maximum absolute atomic E-state index is 15.1. The summed E-state index contributed by atoms with van der Waals surface area (Å²) in [5, 5.41) is 12.1. The van der Waals surface area contributed by atoms with Gasteiger partial charge in [0.25, 0.3) is 11.8 Å². The number of likely N-dealkylation sites (tertiary alicyclic amines) is 2. The van der Waals surface area contributed by atoms with Crippen LogP contribution in [0.25, 0.3) is 11.3 Å². The third-order valence-electron chi connectivity index (χ3n) is 10.4. The van der Waals surface area contributed by atoms with Gasteiger partial charge in [0, 0.05) is 42.5 Å². The zero-order valence-electron chi connectivity index (χ0n) is 31.9. The van der Waals surface area contributed by atoms with Crippen molar-refractivity contribution in [3.8, 4) is 22.8 Å². The fraction of sp³-hybridized carbons (Fsp3) is 0.341. The van der Waals surface area contributed by atoms with Crippen LogP contribution in [0.4, 0.5) is 10.5 Å². The Morgan fingerprint density at radius 1 is 0.855 bits per heavy atom. The summed E-state index contributed by atoms with van der Waals surface area (Å²) in [6.07, 6.45) is 4.53. The van der Waals surface area contributed by atoms with Gasteiger partial charge in [-0.2, -0.15) is 0 Å². The van der Waals surface area contributed by atoms with Gasteiger partial charge >= 0.3 is 6.09 Å². The minimum absolute atomic E-state index is 0.0222. The molecule has 0 aliphatic carbocycles. The van der Waals surface area contributed by atoms with Gasteiger partial charge in [0.15, 0.2) is 0 Å². The molecule has 11 nitrogen and oxygen atoms in total. The summed E-state index contributed by atoms with van der Waals surface area (Å²) in [5.74, 6) is 1.26. The molecule has 284 valence electrons. The van der Waals surface area contributed by atoms with Crippen molar-refractivity contribution in [1.29, 1.82) is 0 Å². The number of hydrogen-bond donors (Lipinski definition) is 1. The van der Waals surface area contributed by atoms with Crippen LogP contribution in [0.1, 0.15) is 67.9 Å². The monoisotopic (exact) mass is 740 g/mol. The maximum Gasteiger partial charge on any atom is 0.410 e. The summed E-state index contributed by atoms with van der Waals surface area (Å²) in [7, 11) is 0. The summed E-state index contributed by atoms with van der Waals surface area (Å²) in [6, 6.07) is 32.7. The minimum Gasteiger partial charge on any atom is -0.457 e. The second kappa shape index (κ2) is 15.8. The van der Waals surface area contributed by atoms with Crippen molar-refractivity contribution < 1.29 is 23.9 Å². The van der Waals surface area contributed by atoms with Crippen molar-refractivity contribution in [2.45, 2.75) is 77.0 Å². The van der Waals surface area contributed by atoms with Crippen LogP contribution in [0, 0.1) is 6.92 Å². The Morgan fingerprint density at radius 3 is 2.29 bits per heavy atom. The molecule has 0 saturated carbocycles. The quantitative estimate of drug-likeness (QED) is 0.162. The van der Waals surface area contributed by atoms with Crippen LogP contribution in [0.2, 0.25) is 0 Å². The molecule has 0 radical (unpaired) electrons. The van der Waals surface area contributed by atoms with E-state index in [0.717, 1.165) is 35.5 Å². The van der Waals surface area contributed by atoms with Gasteiger partial charge in [-0.05, 0) is 113 Å². The van der Waals surface area contributed by atoms with Crippen LogP contribution >= 0.6 is 0 Å². The highest BCUT2D eigenvalue weighted by Gasteiger charge is 2.49. The first kappa shape index (κ1) is 37.3. The van der Waals surface area contributed by atoms with E-state index in [1.54, 1.807) is 15.8 Å². The molecular formula is C44H48N6O5. The number of hydrogen-bond acceptors (Lipinski definition) is 7. The zero-order valence-corrected chi connectivity index (χ0v) is 31.9. The molecule has 7 rings (SSSR count). The molecule has 2 aliphatic heterocycles. The van der Waals surface area contributed by atoms with Crippen molar-refractivity contribution in [2.24, 2.45) is 0 Å². The second-order valence-corrected chi connectivity index (χ2v) is 15.5. The fourth-order valence-electron chi connectivity index (χ4n) is 7.49. The van der Waals surface area contributed by atoms with Gasteiger partial charge in [-0.1, -0.05) is 65.9 Å². The Morgan fingerprint density at radius 2 is 1.56 bits per heavy atom. The van der Waals surface area contributed by atoms with E-state index in [9.17, 15) is 9.59 Å². The molecular weight excluding hydrogens is 693 g/mol. The lowest BCUT2D eigenvalue weighted by molar-refractivity contribution is -0.145. The Labute approximate surface area is 322 Å². The first-order valence-corrected chi connectivity index (χ1v) is 19.0. The van der Waals surface area contributed by atoms with E-state index in [1.165, 1.54) is 0 Å². The lowest BCUT2D eigenvalue weighted by Crippen LogP contribution is -2.58. The average Bonchev–Trinajstić information content (AvgIpc) is 3.86. The summed E-state index contributed by atoms with van der Waals surface area (Å²) in [6.45, 7) is 8.70. The number of aryl methyl sites for hydroxylation is 1. The zero-order chi connectivity index (χ0) is 38.6. The first-order valence-electron chi connectivity index (χ1n) is 19.0. The van der Waals surface area contributed by atoms with Crippen molar-refractivity contribution in [3.05, 3.63) is 126 Å². The second-order valence-electron chi connectivity index (χ2n) is 15.5. The average molecular weight is 741 g/mol.